The van der Waals surface area contributed by atoms with Gasteiger partial charge in [-0.05, 0) is 11.6 Å². The van der Waals surface area contributed by atoms with Gasteiger partial charge in [-0.2, -0.15) is 0 Å². The third kappa shape index (κ3) is 2.13. The largest absolute Gasteiger partial charge is 0.544 e. The maximum atomic E-state index is 11.3. The Morgan fingerprint density at radius 2 is 2.25 bits per heavy atom. The first-order chi connectivity index (χ1) is 7.64. The van der Waals surface area contributed by atoms with E-state index in [0.717, 1.165) is 23.0 Å². The summed E-state index contributed by atoms with van der Waals surface area (Å²) in [6, 6.07) is 7.75. The fourth-order valence-corrected chi connectivity index (χ4v) is 2.72. The zero-order valence-corrected chi connectivity index (χ0v) is 10.5. The van der Waals surface area contributed by atoms with Gasteiger partial charge in [0.2, 0.25) is 0 Å². The molecule has 0 radical (unpaired) electrons. The molecule has 1 aliphatic rings. The summed E-state index contributed by atoms with van der Waals surface area (Å²) in [6.07, 6.45) is 2.16. The van der Waals surface area contributed by atoms with Crippen LogP contribution in [0.2, 0.25) is 0 Å². The van der Waals surface area contributed by atoms with Crippen molar-refractivity contribution < 1.29 is 15.2 Å². The Bertz CT molecular complexity index is 400. The van der Waals surface area contributed by atoms with Crippen molar-refractivity contribution >= 4 is 21.9 Å². The molecule has 1 fully saturated rings. The Labute approximate surface area is 103 Å². The first-order valence-electron chi connectivity index (χ1n) is 5.43. The minimum Gasteiger partial charge on any atom is -0.544 e. The Morgan fingerprint density at radius 1 is 1.50 bits per heavy atom. The molecule has 2 rings (SSSR count). The summed E-state index contributed by atoms with van der Waals surface area (Å²) in [4.78, 5) is 11.3. The Kier molecular flexibility index (Phi) is 3.30. The number of aliphatic carboxylic acids is 1. The van der Waals surface area contributed by atoms with Crippen molar-refractivity contribution in [1.82, 2.24) is 0 Å². The molecule has 4 heteroatoms. The number of nitrogens with two attached hydrogens (primary N) is 1. The molecule has 86 valence electrons. The Balaban J connectivity index is 2.25. The fraction of sp³-hybridized carbons (Fsp3) is 0.417. The van der Waals surface area contributed by atoms with Gasteiger partial charge in [-0.25, -0.2) is 0 Å². The molecule has 1 aliphatic heterocycles. The summed E-state index contributed by atoms with van der Waals surface area (Å²) in [5.74, 6) is -0.944. The SMILES string of the molecule is O=C([O-])[C@@]1(Cc2ccccc2Br)CCC[NH2+]1. The van der Waals surface area contributed by atoms with Crippen molar-refractivity contribution in [1.29, 1.82) is 0 Å². The van der Waals surface area contributed by atoms with Crippen molar-refractivity contribution in [3.05, 3.63) is 34.3 Å². The summed E-state index contributed by atoms with van der Waals surface area (Å²) in [5.41, 5.74) is 0.272. The molecular weight excluding hydrogens is 270 g/mol. The van der Waals surface area contributed by atoms with Crippen LogP contribution in [-0.2, 0) is 11.2 Å². The second-order valence-electron chi connectivity index (χ2n) is 4.31. The van der Waals surface area contributed by atoms with E-state index in [1.54, 1.807) is 0 Å². The molecule has 0 aromatic heterocycles. The van der Waals surface area contributed by atoms with Crippen LogP contribution in [0.15, 0.2) is 28.7 Å². The monoisotopic (exact) mass is 283 g/mol. The molecule has 1 aromatic carbocycles. The molecule has 0 spiro atoms. The number of halogens is 1. The van der Waals surface area contributed by atoms with Crippen molar-refractivity contribution in [2.75, 3.05) is 6.54 Å². The lowest BCUT2D eigenvalue weighted by atomic mass is 9.89. The third-order valence-electron chi connectivity index (χ3n) is 3.23. The van der Waals surface area contributed by atoms with Crippen molar-refractivity contribution in [3.8, 4) is 0 Å². The summed E-state index contributed by atoms with van der Waals surface area (Å²) >= 11 is 3.45. The van der Waals surface area contributed by atoms with E-state index >= 15 is 0 Å². The van der Waals surface area contributed by atoms with Gasteiger partial charge in [0, 0.05) is 23.7 Å². The first-order valence-corrected chi connectivity index (χ1v) is 6.23. The van der Waals surface area contributed by atoms with Gasteiger partial charge in [0.1, 0.15) is 11.5 Å². The van der Waals surface area contributed by atoms with E-state index < -0.39 is 11.5 Å². The first kappa shape index (κ1) is 11.6. The topological polar surface area (TPSA) is 56.7 Å². The predicted octanol–water partition coefficient (Wildman–Crippen LogP) is -0.163. The number of hydrogen-bond donors (Lipinski definition) is 1. The van der Waals surface area contributed by atoms with E-state index in [-0.39, 0.29) is 0 Å². The van der Waals surface area contributed by atoms with Crippen LogP contribution in [0.3, 0.4) is 0 Å². The number of quaternary nitrogens is 1. The lowest BCUT2D eigenvalue weighted by Gasteiger charge is -2.27. The lowest BCUT2D eigenvalue weighted by Crippen LogP contribution is -2.97. The average Bonchev–Trinajstić information content (AvgIpc) is 2.71. The van der Waals surface area contributed by atoms with E-state index in [1.807, 2.05) is 29.6 Å². The molecule has 0 saturated carbocycles. The molecule has 16 heavy (non-hydrogen) atoms. The van der Waals surface area contributed by atoms with Crippen LogP contribution < -0.4 is 10.4 Å². The quantitative estimate of drug-likeness (QED) is 0.838. The number of carboxylic acids is 1. The molecule has 1 aromatic rings. The number of carbonyl (C=O) groups excluding carboxylic acids is 1. The second kappa shape index (κ2) is 4.55. The lowest BCUT2D eigenvalue weighted by molar-refractivity contribution is -0.700. The normalized spacial score (nSPS) is 24.6. The smallest absolute Gasteiger partial charge is 0.140 e. The van der Waals surface area contributed by atoms with Gasteiger partial charge >= 0.3 is 0 Å². The molecule has 1 saturated heterocycles. The van der Waals surface area contributed by atoms with E-state index in [0.29, 0.717) is 12.8 Å². The van der Waals surface area contributed by atoms with E-state index in [2.05, 4.69) is 15.9 Å². The van der Waals surface area contributed by atoms with E-state index in [1.165, 1.54) is 0 Å². The summed E-state index contributed by atoms with van der Waals surface area (Å²) in [5, 5.41) is 13.2. The van der Waals surface area contributed by atoms with Crippen molar-refractivity contribution in [2.24, 2.45) is 0 Å². The highest BCUT2D eigenvalue weighted by molar-refractivity contribution is 9.10. The summed E-state index contributed by atoms with van der Waals surface area (Å²) in [6.45, 7) is 0.873. The van der Waals surface area contributed by atoms with Crippen LogP contribution in [0, 0.1) is 0 Å². The van der Waals surface area contributed by atoms with Gasteiger partial charge in [-0.15, -0.1) is 0 Å². The number of benzene rings is 1. The van der Waals surface area contributed by atoms with Crippen LogP contribution >= 0.6 is 15.9 Å². The predicted molar refractivity (Wildman–Crippen MR) is 61.6 cm³/mol. The minimum absolute atomic E-state index is 0.525. The standard InChI is InChI=1S/C12H14BrNO2/c13-10-5-2-1-4-9(10)8-12(11(15)16)6-3-7-14-12/h1-2,4-5,14H,3,6-8H2,(H,15,16)/t12-/m0/s1. The number of hydrogen-bond acceptors (Lipinski definition) is 2. The molecule has 3 nitrogen and oxygen atoms in total. The maximum Gasteiger partial charge on any atom is 0.140 e. The maximum absolute atomic E-state index is 11.3. The van der Waals surface area contributed by atoms with Gasteiger partial charge in [0.05, 0.1) is 6.54 Å². The van der Waals surface area contributed by atoms with Crippen LogP contribution in [-0.4, -0.2) is 18.1 Å². The minimum atomic E-state index is -0.944. The van der Waals surface area contributed by atoms with Crippen molar-refractivity contribution in [2.45, 2.75) is 24.8 Å². The van der Waals surface area contributed by atoms with E-state index in [9.17, 15) is 9.90 Å². The number of rotatable bonds is 3. The fourth-order valence-electron chi connectivity index (χ4n) is 2.30. The highest BCUT2D eigenvalue weighted by Gasteiger charge is 2.39. The van der Waals surface area contributed by atoms with Crippen LogP contribution in [0.4, 0.5) is 0 Å². The Morgan fingerprint density at radius 3 is 2.81 bits per heavy atom. The van der Waals surface area contributed by atoms with E-state index in [4.69, 9.17) is 0 Å². The average molecular weight is 284 g/mol. The highest BCUT2D eigenvalue weighted by Crippen LogP contribution is 2.23. The number of carboxylic acid groups (broad SMARTS) is 1. The van der Waals surface area contributed by atoms with Gasteiger partial charge in [0.15, 0.2) is 0 Å². The van der Waals surface area contributed by atoms with Crippen LogP contribution in [0.5, 0.6) is 0 Å². The second-order valence-corrected chi connectivity index (χ2v) is 5.16. The zero-order valence-electron chi connectivity index (χ0n) is 8.91. The molecule has 0 aliphatic carbocycles. The Hall–Kier alpha value is -0.870. The zero-order chi connectivity index (χ0) is 11.6. The van der Waals surface area contributed by atoms with Crippen LogP contribution in [0.25, 0.3) is 0 Å². The molecular formula is C12H14BrNO2. The summed E-state index contributed by atoms with van der Waals surface area (Å²) < 4.78 is 0.968. The molecule has 1 heterocycles. The molecule has 0 unspecified atom stereocenters. The van der Waals surface area contributed by atoms with Gasteiger partial charge in [-0.3, -0.25) is 0 Å². The van der Waals surface area contributed by atoms with Gasteiger partial charge in [-0.1, -0.05) is 34.1 Å². The molecule has 0 bridgehead atoms. The number of carbonyl (C=O) groups is 1. The molecule has 2 N–H and O–H groups in total. The summed E-state index contributed by atoms with van der Waals surface area (Å²) in [7, 11) is 0. The van der Waals surface area contributed by atoms with Gasteiger partial charge in [0.25, 0.3) is 0 Å². The van der Waals surface area contributed by atoms with Crippen molar-refractivity contribution in [3.63, 3.8) is 0 Å². The molecule has 0 amide bonds. The van der Waals surface area contributed by atoms with Gasteiger partial charge < -0.3 is 15.2 Å². The highest BCUT2D eigenvalue weighted by atomic mass is 79.9. The molecule has 1 atom stereocenters. The van der Waals surface area contributed by atoms with Crippen LogP contribution in [0.1, 0.15) is 18.4 Å². The third-order valence-corrected chi connectivity index (χ3v) is 4.01.